The summed E-state index contributed by atoms with van der Waals surface area (Å²) in [5.41, 5.74) is 1.66. The van der Waals surface area contributed by atoms with Crippen LogP contribution in [0.1, 0.15) is 32.1 Å². The number of unbranched alkanes of at least 4 members (excludes halogenated alkanes) is 1. The van der Waals surface area contributed by atoms with E-state index in [0.29, 0.717) is 17.9 Å². The maximum absolute atomic E-state index is 12.5. The monoisotopic (exact) mass is 577 g/mol. The number of anilines is 1. The molecular weight excluding hydrogens is 542 g/mol. The Balaban J connectivity index is 1.07. The van der Waals surface area contributed by atoms with Crippen LogP contribution in [0.3, 0.4) is 0 Å². The van der Waals surface area contributed by atoms with Crippen LogP contribution in [0.2, 0.25) is 0 Å². The minimum atomic E-state index is -0.961. The van der Waals surface area contributed by atoms with Gasteiger partial charge in [0.2, 0.25) is 0 Å². The highest BCUT2D eigenvalue weighted by Gasteiger charge is 2.18. The molecule has 2 aromatic carbocycles. The Hall–Kier alpha value is -3.89. The van der Waals surface area contributed by atoms with E-state index in [-0.39, 0.29) is 31.6 Å². The highest BCUT2D eigenvalue weighted by atomic mass is 32.1. The minimum Gasteiger partial charge on any atom is -0.494 e. The molecule has 10 heteroatoms. The van der Waals surface area contributed by atoms with Crippen molar-refractivity contribution in [3.8, 4) is 5.75 Å². The number of hydrogen-bond acceptors (Lipinski definition) is 8. The predicted molar refractivity (Wildman–Crippen MR) is 161 cm³/mol. The van der Waals surface area contributed by atoms with Gasteiger partial charge < -0.3 is 19.5 Å². The van der Waals surface area contributed by atoms with Gasteiger partial charge in [-0.15, -0.1) is 11.3 Å². The van der Waals surface area contributed by atoms with Crippen LogP contribution in [0.25, 0.3) is 21.0 Å². The van der Waals surface area contributed by atoms with E-state index in [1.165, 1.54) is 26.4 Å². The van der Waals surface area contributed by atoms with E-state index in [1.54, 1.807) is 23.5 Å². The Morgan fingerprint density at radius 2 is 1.76 bits per heavy atom. The maximum atomic E-state index is 12.5. The van der Waals surface area contributed by atoms with Crippen molar-refractivity contribution in [2.45, 2.75) is 38.8 Å². The van der Waals surface area contributed by atoms with E-state index in [4.69, 9.17) is 14.6 Å². The zero-order valence-electron chi connectivity index (χ0n) is 23.0. The van der Waals surface area contributed by atoms with Gasteiger partial charge in [0.15, 0.2) is 6.73 Å². The van der Waals surface area contributed by atoms with E-state index < -0.39 is 11.9 Å². The molecule has 1 N–H and O–H groups in total. The number of rotatable bonds is 13. The van der Waals surface area contributed by atoms with Gasteiger partial charge >= 0.3 is 11.9 Å². The molecule has 0 aliphatic carbocycles. The number of thiophene rings is 1. The fourth-order valence-electron chi connectivity index (χ4n) is 5.18. The first-order chi connectivity index (χ1) is 20.0. The van der Waals surface area contributed by atoms with Crippen LogP contribution in [0.15, 0.2) is 64.8 Å². The van der Waals surface area contributed by atoms with Gasteiger partial charge in [-0.25, -0.2) is 0 Å². The minimum absolute atomic E-state index is 0.0124. The first kappa shape index (κ1) is 28.6. The lowest BCUT2D eigenvalue weighted by Crippen LogP contribution is -2.46. The molecule has 216 valence electrons. The summed E-state index contributed by atoms with van der Waals surface area (Å²) in [6, 6.07) is 17.5. The molecule has 41 heavy (non-hydrogen) atoms. The summed E-state index contributed by atoms with van der Waals surface area (Å²) in [6.07, 6.45) is 2.03. The van der Waals surface area contributed by atoms with Crippen molar-refractivity contribution < 1.29 is 24.2 Å². The van der Waals surface area contributed by atoms with E-state index in [2.05, 4.69) is 39.4 Å². The molecule has 0 saturated carbocycles. The summed E-state index contributed by atoms with van der Waals surface area (Å²) >= 11 is 1.79. The third kappa shape index (κ3) is 7.45. The van der Waals surface area contributed by atoms with Crippen molar-refractivity contribution >= 4 is 50.0 Å². The van der Waals surface area contributed by atoms with Crippen LogP contribution in [0, 0.1) is 0 Å². The Kier molecular flexibility index (Phi) is 9.53. The summed E-state index contributed by atoms with van der Waals surface area (Å²) in [5, 5.41) is 13.1. The van der Waals surface area contributed by atoms with Gasteiger partial charge in [-0.1, -0.05) is 6.07 Å². The molecule has 0 radical (unpaired) electrons. The highest BCUT2D eigenvalue weighted by molar-refractivity contribution is 7.17. The molecule has 0 atom stereocenters. The van der Waals surface area contributed by atoms with Crippen molar-refractivity contribution in [2.75, 3.05) is 44.2 Å². The molecule has 5 rings (SSSR count). The first-order valence-electron chi connectivity index (χ1n) is 14.1. The van der Waals surface area contributed by atoms with Crippen LogP contribution in [0.5, 0.6) is 5.75 Å². The molecular formula is C31H35N3O6S. The van der Waals surface area contributed by atoms with Crippen molar-refractivity contribution in [2.24, 2.45) is 0 Å². The van der Waals surface area contributed by atoms with E-state index in [9.17, 15) is 14.4 Å². The molecule has 4 aromatic rings. The Bertz CT molecular complexity index is 1560. The van der Waals surface area contributed by atoms with Crippen LogP contribution in [-0.2, 0) is 21.1 Å². The fourth-order valence-corrected chi connectivity index (χ4v) is 5.98. The summed E-state index contributed by atoms with van der Waals surface area (Å²) < 4.78 is 14.0. The fraction of sp³-hybridized carbons (Fsp3) is 0.387. The largest absolute Gasteiger partial charge is 0.494 e. The lowest BCUT2D eigenvalue weighted by molar-refractivity contribution is -0.147. The first-order valence-corrected chi connectivity index (χ1v) is 14.9. The molecule has 0 bridgehead atoms. The normalized spacial score (nSPS) is 14.0. The number of carbonyl (C=O) groups excluding carboxylic acids is 1. The van der Waals surface area contributed by atoms with Crippen molar-refractivity contribution in [1.29, 1.82) is 0 Å². The summed E-state index contributed by atoms with van der Waals surface area (Å²) in [4.78, 5) is 40.1. The zero-order chi connectivity index (χ0) is 28.6. The van der Waals surface area contributed by atoms with Gasteiger partial charge in [-0.05, 0) is 73.0 Å². The number of pyridine rings is 1. The lowest BCUT2D eigenvalue weighted by Gasteiger charge is -2.36. The molecule has 2 aromatic heterocycles. The van der Waals surface area contributed by atoms with Gasteiger partial charge in [0.25, 0.3) is 5.56 Å². The molecule has 0 amide bonds. The number of aromatic nitrogens is 1. The summed E-state index contributed by atoms with van der Waals surface area (Å²) in [6.45, 7) is 5.53. The highest BCUT2D eigenvalue weighted by Crippen LogP contribution is 2.31. The number of nitrogens with zero attached hydrogens (tertiary/aromatic N) is 3. The second kappa shape index (κ2) is 13.6. The average molecular weight is 578 g/mol. The summed E-state index contributed by atoms with van der Waals surface area (Å²) in [5.74, 6) is -0.846. The number of hydrogen-bond donors (Lipinski definition) is 1. The Morgan fingerprint density at radius 3 is 2.59 bits per heavy atom. The van der Waals surface area contributed by atoms with Crippen molar-refractivity contribution in [3.63, 3.8) is 0 Å². The van der Waals surface area contributed by atoms with Gasteiger partial charge in [0, 0.05) is 66.9 Å². The number of piperazine rings is 1. The molecule has 1 fully saturated rings. The third-order valence-electron chi connectivity index (χ3n) is 7.41. The quantitative estimate of drug-likeness (QED) is 0.176. The van der Waals surface area contributed by atoms with E-state index in [0.717, 1.165) is 51.0 Å². The molecule has 9 nitrogen and oxygen atoms in total. The third-order valence-corrected chi connectivity index (χ3v) is 8.30. The number of carboxylic acids is 1. The van der Waals surface area contributed by atoms with Crippen LogP contribution < -0.4 is 15.2 Å². The number of fused-ring (bicyclic) bond motifs is 2. The number of aliphatic carboxylic acids is 1. The molecule has 1 aliphatic rings. The molecule has 1 saturated heterocycles. The van der Waals surface area contributed by atoms with Crippen LogP contribution >= 0.6 is 11.3 Å². The van der Waals surface area contributed by atoms with Gasteiger partial charge in [-0.2, -0.15) is 0 Å². The number of carbonyl (C=O) groups is 2. The average Bonchev–Trinajstić information content (AvgIpc) is 3.46. The standard InChI is InChI=1S/C31H35N3O6S/c35-29-12-10-23-9-11-24(21-27(23)34(29)22-40-31(38)8-4-7-30(36)37)39-19-2-1-14-32-15-17-33(18-16-32)26-5-3-6-28-25(26)13-20-41-28/h3,5-6,9-13,20-21H,1-2,4,7-8,14-19,22H2,(H,36,37). The van der Waals surface area contributed by atoms with Crippen molar-refractivity contribution in [3.05, 3.63) is 70.3 Å². The number of ether oxygens (including phenoxy) is 2. The Labute approximate surface area is 242 Å². The SMILES string of the molecule is O=C(O)CCCC(=O)OCn1c(=O)ccc2ccc(OCCCCN3CCN(c4cccc5sccc45)CC3)cc21. The predicted octanol–water partition coefficient (Wildman–Crippen LogP) is 4.95. The van der Waals surface area contributed by atoms with Crippen molar-refractivity contribution in [1.82, 2.24) is 9.47 Å². The van der Waals surface area contributed by atoms with Gasteiger partial charge in [0.05, 0.1) is 12.1 Å². The molecule has 0 spiro atoms. The maximum Gasteiger partial charge on any atom is 0.307 e. The summed E-state index contributed by atoms with van der Waals surface area (Å²) in [7, 11) is 0. The topological polar surface area (TPSA) is 101 Å². The van der Waals surface area contributed by atoms with E-state index in [1.807, 2.05) is 12.1 Å². The second-order valence-electron chi connectivity index (χ2n) is 10.2. The Morgan fingerprint density at radius 1 is 0.927 bits per heavy atom. The van der Waals surface area contributed by atoms with Crippen LogP contribution in [0.4, 0.5) is 5.69 Å². The van der Waals surface area contributed by atoms with E-state index >= 15 is 0 Å². The molecule has 1 aliphatic heterocycles. The lowest BCUT2D eigenvalue weighted by atomic mass is 10.2. The zero-order valence-corrected chi connectivity index (χ0v) is 23.8. The smallest absolute Gasteiger partial charge is 0.307 e. The van der Waals surface area contributed by atoms with Crippen LogP contribution in [-0.4, -0.2) is 65.8 Å². The molecule has 0 unspecified atom stereocenters. The van der Waals surface area contributed by atoms with Gasteiger partial charge in [0.1, 0.15) is 5.75 Å². The molecule has 3 heterocycles. The number of benzene rings is 2. The second-order valence-corrected chi connectivity index (χ2v) is 11.2. The van der Waals surface area contributed by atoms with Gasteiger partial charge in [-0.3, -0.25) is 23.9 Å². The number of carboxylic acid groups (broad SMARTS) is 1. The number of esters is 1.